The van der Waals surface area contributed by atoms with Crippen LogP contribution in [-0.2, 0) is 5.41 Å². The molecule has 0 N–H and O–H groups in total. The number of benzene rings is 2. The van der Waals surface area contributed by atoms with Crippen LogP contribution < -0.4 is 10.3 Å². The Bertz CT molecular complexity index is 1360. The summed E-state index contributed by atoms with van der Waals surface area (Å²) in [6.45, 7) is 8.39. The predicted octanol–water partition coefficient (Wildman–Crippen LogP) is 5.61. The molecule has 0 spiro atoms. The number of fused-ring (bicyclic) bond motifs is 2. The molecule has 0 saturated heterocycles. The lowest BCUT2D eigenvalue weighted by Crippen LogP contribution is -2.29. The molecular formula is C25H22N2O3S. The molecule has 2 aromatic carbocycles. The molecule has 5 rings (SSSR count). The number of thiazole rings is 1. The van der Waals surface area contributed by atoms with Gasteiger partial charge >= 0.3 is 0 Å². The van der Waals surface area contributed by atoms with Gasteiger partial charge in [0.05, 0.1) is 17.0 Å². The Hall–Kier alpha value is -3.25. The monoisotopic (exact) mass is 430 g/mol. The molecule has 4 aromatic rings. The highest BCUT2D eigenvalue weighted by Crippen LogP contribution is 2.42. The van der Waals surface area contributed by atoms with Crippen LogP contribution in [0.3, 0.4) is 0 Å². The number of aromatic nitrogens is 1. The maximum absolute atomic E-state index is 13.6. The summed E-state index contributed by atoms with van der Waals surface area (Å²) >= 11 is 1.36. The van der Waals surface area contributed by atoms with E-state index < -0.39 is 6.04 Å². The van der Waals surface area contributed by atoms with E-state index in [9.17, 15) is 9.59 Å². The molecule has 31 heavy (non-hydrogen) atoms. The smallest absolute Gasteiger partial charge is 0.297 e. The average Bonchev–Trinajstić information content (AvgIpc) is 3.35. The molecule has 156 valence electrons. The van der Waals surface area contributed by atoms with Crippen molar-refractivity contribution in [2.75, 3.05) is 4.90 Å². The summed E-state index contributed by atoms with van der Waals surface area (Å²) in [6, 6.07) is 13.0. The number of hydrogen-bond acceptors (Lipinski definition) is 5. The third kappa shape index (κ3) is 3.10. The number of amides is 1. The van der Waals surface area contributed by atoms with Gasteiger partial charge in [-0.2, -0.15) is 0 Å². The Balaban J connectivity index is 1.77. The Kier molecular flexibility index (Phi) is 4.38. The summed E-state index contributed by atoms with van der Waals surface area (Å²) < 4.78 is 6.00. The first-order valence-corrected chi connectivity index (χ1v) is 11.0. The van der Waals surface area contributed by atoms with Gasteiger partial charge in [0.25, 0.3) is 5.91 Å². The van der Waals surface area contributed by atoms with Gasteiger partial charge in [0.2, 0.25) is 5.76 Å². The molecule has 1 atom stereocenters. The second kappa shape index (κ2) is 6.89. The number of aryl methyl sites for hydroxylation is 1. The second-order valence-electron chi connectivity index (χ2n) is 8.94. The van der Waals surface area contributed by atoms with Crippen molar-refractivity contribution in [1.29, 1.82) is 0 Å². The standard InChI is InChI=1S/C25H22N2O3S/c1-14-5-10-18-17(13-14)21(28)19-20(15-6-8-16(9-7-15)25(2,3)4)27(23(29)22(19)30-18)24-26-11-12-31-24/h5-13,20H,1-4H3. The lowest BCUT2D eigenvalue weighted by atomic mass is 9.86. The molecule has 0 radical (unpaired) electrons. The SMILES string of the molecule is Cc1ccc2oc3c(c(=O)c2c1)C(c1ccc(C(C)(C)C)cc1)N(c1nccs1)C3=O. The minimum absolute atomic E-state index is 0.00366. The van der Waals surface area contributed by atoms with Crippen LogP contribution in [-0.4, -0.2) is 10.9 Å². The number of anilines is 1. The van der Waals surface area contributed by atoms with Crippen molar-refractivity contribution in [2.24, 2.45) is 0 Å². The number of carbonyl (C=O) groups excluding carboxylic acids is 1. The van der Waals surface area contributed by atoms with Crippen molar-refractivity contribution in [3.63, 3.8) is 0 Å². The number of hydrogen-bond donors (Lipinski definition) is 0. The van der Waals surface area contributed by atoms with Gasteiger partial charge in [-0.05, 0) is 35.6 Å². The van der Waals surface area contributed by atoms with Crippen molar-refractivity contribution in [3.8, 4) is 0 Å². The normalized spacial score (nSPS) is 16.2. The summed E-state index contributed by atoms with van der Waals surface area (Å²) in [5.74, 6) is -0.240. The summed E-state index contributed by atoms with van der Waals surface area (Å²) in [4.78, 5) is 33.0. The maximum atomic E-state index is 13.6. The van der Waals surface area contributed by atoms with Gasteiger partial charge in [-0.3, -0.25) is 14.5 Å². The van der Waals surface area contributed by atoms with Crippen LogP contribution in [0.15, 0.2) is 63.3 Å². The van der Waals surface area contributed by atoms with Crippen molar-refractivity contribution in [3.05, 3.63) is 92.3 Å². The fourth-order valence-electron chi connectivity index (χ4n) is 4.10. The Morgan fingerprint density at radius 2 is 1.81 bits per heavy atom. The van der Waals surface area contributed by atoms with Gasteiger partial charge in [0, 0.05) is 11.6 Å². The third-order valence-electron chi connectivity index (χ3n) is 5.74. The molecule has 5 nitrogen and oxygen atoms in total. The van der Waals surface area contributed by atoms with E-state index in [1.165, 1.54) is 16.9 Å². The molecule has 6 heteroatoms. The van der Waals surface area contributed by atoms with Crippen LogP contribution in [0.2, 0.25) is 0 Å². The van der Waals surface area contributed by atoms with Crippen molar-refractivity contribution < 1.29 is 9.21 Å². The minimum atomic E-state index is -0.580. The van der Waals surface area contributed by atoms with Crippen LogP contribution in [0.5, 0.6) is 0 Å². The molecule has 0 saturated carbocycles. The zero-order valence-electron chi connectivity index (χ0n) is 17.8. The number of nitrogens with zero attached hydrogens (tertiary/aromatic N) is 2. The Morgan fingerprint density at radius 3 is 2.45 bits per heavy atom. The molecule has 0 bridgehead atoms. The average molecular weight is 431 g/mol. The molecule has 1 unspecified atom stereocenters. The van der Waals surface area contributed by atoms with Crippen LogP contribution in [0, 0.1) is 6.92 Å². The molecule has 3 heterocycles. The first-order valence-electron chi connectivity index (χ1n) is 10.2. The summed E-state index contributed by atoms with van der Waals surface area (Å²) in [5, 5.41) is 2.85. The van der Waals surface area contributed by atoms with Gasteiger partial charge in [0.15, 0.2) is 10.6 Å². The van der Waals surface area contributed by atoms with Gasteiger partial charge in [-0.25, -0.2) is 4.98 Å². The highest BCUT2D eigenvalue weighted by Gasteiger charge is 2.44. The zero-order chi connectivity index (χ0) is 21.9. The Labute approximate surface area is 184 Å². The van der Waals surface area contributed by atoms with Crippen LogP contribution in [0.25, 0.3) is 11.0 Å². The van der Waals surface area contributed by atoms with Crippen molar-refractivity contribution in [2.45, 2.75) is 39.2 Å². The van der Waals surface area contributed by atoms with E-state index in [2.05, 4.69) is 37.9 Å². The summed E-state index contributed by atoms with van der Waals surface area (Å²) in [6.07, 6.45) is 1.66. The Morgan fingerprint density at radius 1 is 1.06 bits per heavy atom. The van der Waals surface area contributed by atoms with Crippen molar-refractivity contribution in [1.82, 2.24) is 4.98 Å². The van der Waals surface area contributed by atoms with Crippen LogP contribution in [0.4, 0.5) is 5.13 Å². The fraction of sp³-hybridized carbons (Fsp3) is 0.240. The van der Waals surface area contributed by atoms with E-state index in [-0.39, 0.29) is 22.5 Å². The van der Waals surface area contributed by atoms with Gasteiger partial charge < -0.3 is 4.42 Å². The zero-order valence-corrected chi connectivity index (χ0v) is 18.6. The van der Waals surface area contributed by atoms with E-state index in [0.29, 0.717) is 21.7 Å². The van der Waals surface area contributed by atoms with Crippen LogP contribution in [0.1, 0.15) is 59.6 Å². The second-order valence-corrected chi connectivity index (χ2v) is 9.81. The van der Waals surface area contributed by atoms with E-state index in [1.54, 1.807) is 17.2 Å². The largest absolute Gasteiger partial charge is 0.450 e. The number of rotatable bonds is 2. The first kappa shape index (κ1) is 19.7. The molecule has 2 aromatic heterocycles. The topological polar surface area (TPSA) is 63.4 Å². The molecule has 1 amide bonds. The maximum Gasteiger partial charge on any atom is 0.297 e. The third-order valence-corrected chi connectivity index (χ3v) is 6.51. The van der Waals surface area contributed by atoms with Gasteiger partial charge in [0.1, 0.15) is 5.58 Å². The lowest BCUT2D eigenvalue weighted by molar-refractivity contribution is 0.0971. The van der Waals surface area contributed by atoms with E-state index in [1.807, 2.05) is 36.6 Å². The molecule has 0 fully saturated rings. The molecule has 1 aliphatic rings. The van der Waals surface area contributed by atoms with E-state index >= 15 is 0 Å². The molecule has 1 aliphatic heterocycles. The van der Waals surface area contributed by atoms with Crippen LogP contribution >= 0.6 is 11.3 Å². The highest BCUT2D eigenvalue weighted by molar-refractivity contribution is 7.13. The molecule has 0 aliphatic carbocycles. The fourth-order valence-corrected chi connectivity index (χ4v) is 4.77. The number of carbonyl (C=O) groups is 1. The summed E-state index contributed by atoms with van der Waals surface area (Å²) in [7, 11) is 0. The summed E-state index contributed by atoms with van der Waals surface area (Å²) in [5.41, 5.74) is 3.64. The predicted molar refractivity (Wildman–Crippen MR) is 123 cm³/mol. The van der Waals surface area contributed by atoms with Gasteiger partial charge in [-0.15, -0.1) is 11.3 Å². The quantitative estimate of drug-likeness (QED) is 0.415. The minimum Gasteiger partial charge on any atom is -0.450 e. The van der Waals surface area contributed by atoms with Crippen molar-refractivity contribution >= 4 is 33.3 Å². The van der Waals surface area contributed by atoms with E-state index in [4.69, 9.17) is 4.42 Å². The first-order chi connectivity index (χ1) is 14.8. The molecular weight excluding hydrogens is 408 g/mol. The highest BCUT2D eigenvalue weighted by atomic mass is 32.1. The lowest BCUT2D eigenvalue weighted by Gasteiger charge is -2.24. The van der Waals surface area contributed by atoms with Gasteiger partial charge in [-0.1, -0.05) is 56.7 Å². The van der Waals surface area contributed by atoms with E-state index in [0.717, 1.165) is 11.1 Å².